The number of thiol groups is 1. The average Bonchev–Trinajstić information content (AvgIpc) is 3.21. The van der Waals surface area contributed by atoms with Crippen molar-refractivity contribution in [1.29, 1.82) is 0 Å². The predicted molar refractivity (Wildman–Crippen MR) is 148 cm³/mol. The van der Waals surface area contributed by atoms with Crippen molar-refractivity contribution in [2.45, 2.75) is 70.8 Å². The van der Waals surface area contributed by atoms with Crippen molar-refractivity contribution in [2.75, 3.05) is 0 Å². The lowest BCUT2D eigenvalue weighted by atomic mass is 9.69. The minimum atomic E-state index is -0.194. The van der Waals surface area contributed by atoms with Gasteiger partial charge in [-0.15, -0.1) is 0 Å². The first-order valence-corrected chi connectivity index (χ1v) is 13.7. The maximum atomic E-state index is 13.7. The van der Waals surface area contributed by atoms with E-state index in [1.807, 2.05) is 18.2 Å². The first-order valence-electron chi connectivity index (χ1n) is 13.4. The van der Waals surface area contributed by atoms with Crippen molar-refractivity contribution in [3.63, 3.8) is 0 Å². The summed E-state index contributed by atoms with van der Waals surface area (Å²) in [5, 5.41) is 0. The largest absolute Gasteiger partial charge is 0.490 e. The summed E-state index contributed by atoms with van der Waals surface area (Å²) in [5.41, 5.74) is 5.04. The molecule has 2 aliphatic carbocycles. The van der Waals surface area contributed by atoms with E-state index in [2.05, 4.69) is 70.1 Å². The second-order valence-electron chi connectivity index (χ2n) is 11.3. The van der Waals surface area contributed by atoms with Crippen LogP contribution in [0.1, 0.15) is 80.5 Å². The number of rotatable bonds is 7. The molecule has 2 aliphatic rings. The Morgan fingerprint density at radius 2 is 1.61 bits per heavy atom. The van der Waals surface area contributed by atoms with Crippen LogP contribution in [0.2, 0.25) is 0 Å². The molecule has 4 heteroatoms. The lowest BCUT2D eigenvalue weighted by Crippen LogP contribution is -2.20. The van der Waals surface area contributed by atoms with Gasteiger partial charge in [-0.1, -0.05) is 51.1 Å². The van der Waals surface area contributed by atoms with Gasteiger partial charge in [0, 0.05) is 18.8 Å². The van der Waals surface area contributed by atoms with Crippen LogP contribution in [0.25, 0.3) is 0 Å². The molecule has 0 radical (unpaired) electrons. The first-order chi connectivity index (χ1) is 17.4. The van der Waals surface area contributed by atoms with E-state index >= 15 is 0 Å². The highest BCUT2D eigenvalue weighted by atomic mass is 32.1. The van der Waals surface area contributed by atoms with Crippen LogP contribution < -0.4 is 8.92 Å². The molecule has 0 heterocycles. The van der Waals surface area contributed by atoms with Gasteiger partial charge in [-0.3, -0.25) is 0 Å². The minimum Gasteiger partial charge on any atom is -0.490 e. The summed E-state index contributed by atoms with van der Waals surface area (Å²) < 4.78 is 25.3. The summed E-state index contributed by atoms with van der Waals surface area (Å²) in [6, 6.07) is 22.0. The monoisotopic (exact) mass is 504 g/mol. The zero-order chi connectivity index (χ0) is 25.2. The summed E-state index contributed by atoms with van der Waals surface area (Å²) in [4.78, 5) is 0. The number of halogens is 1. The van der Waals surface area contributed by atoms with Crippen molar-refractivity contribution >= 4 is 12.9 Å². The summed E-state index contributed by atoms with van der Waals surface area (Å²) in [6.45, 7) is 7.00. The lowest BCUT2D eigenvalue weighted by molar-refractivity contribution is 0.200. The van der Waals surface area contributed by atoms with Crippen LogP contribution in [-0.4, -0.2) is 6.10 Å². The lowest BCUT2D eigenvalue weighted by Gasteiger charge is -2.35. The third-order valence-corrected chi connectivity index (χ3v) is 8.51. The molecule has 0 amide bonds. The molecular weight excluding hydrogens is 467 g/mol. The Hall–Kier alpha value is -2.46. The normalized spacial score (nSPS) is 25.6. The van der Waals surface area contributed by atoms with Crippen LogP contribution in [0.3, 0.4) is 0 Å². The quantitative estimate of drug-likeness (QED) is 0.256. The van der Waals surface area contributed by atoms with Crippen LogP contribution in [0, 0.1) is 23.6 Å². The third kappa shape index (κ3) is 5.44. The molecule has 0 spiro atoms. The maximum Gasteiger partial charge on any atom is 0.137 e. The Morgan fingerprint density at radius 1 is 0.917 bits per heavy atom. The summed E-state index contributed by atoms with van der Waals surface area (Å²) in [7, 11) is 0. The molecule has 0 aromatic heterocycles. The molecule has 190 valence electrons. The molecule has 36 heavy (non-hydrogen) atoms. The number of ether oxygens (including phenoxy) is 1. The van der Waals surface area contributed by atoms with Crippen molar-refractivity contribution in [3.05, 3.63) is 94.8 Å². The van der Waals surface area contributed by atoms with Gasteiger partial charge in [0.25, 0.3) is 0 Å². The highest BCUT2D eigenvalue weighted by Gasteiger charge is 2.34. The van der Waals surface area contributed by atoms with Gasteiger partial charge in [0.15, 0.2) is 0 Å². The molecule has 5 rings (SSSR count). The second-order valence-corrected chi connectivity index (χ2v) is 11.5. The Balaban J connectivity index is 1.40. The van der Waals surface area contributed by atoms with E-state index in [-0.39, 0.29) is 17.7 Å². The number of benzene rings is 3. The van der Waals surface area contributed by atoms with E-state index in [9.17, 15) is 4.39 Å². The first kappa shape index (κ1) is 25.2. The molecule has 2 nitrogen and oxygen atoms in total. The van der Waals surface area contributed by atoms with Crippen LogP contribution in [0.5, 0.6) is 11.5 Å². The Kier molecular flexibility index (Phi) is 7.62. The zero-order valence-electron chi connectivity index (χ0n) is 21.5. The van der Waals surface area contributed by atoms with Crippen LogP contribution >= 0.6 is 12.9 Å². The third-order valence-electron chi connectivity index (χ3n) is 8.30. The van der Waals surface area contributed by atoms with Gasteiger partial charge in [-0.25, -0.2) is 4.39 Å². The van der Waals surface area contributed by atoms with Gasteiger partial charge in [0.05, 0.1) is 6.10 Å². The highest BCUT2D eigenvalue weighted by molar-refractivity contribution is 7.75. The number of aryl methyl sites for hydroxylation is 1. The topological polar surface area (TPSA) is 18.5 Å². The molecule has 0 bridgehead atoms. The minimum absolute atomic E-state index is 0.184. The molecule has 1 fully saturated rings. The molecular formula is C32H37FO2S. The SMILES string of the molecule is CC(C)CC1CC(Oc2ccc(C3c4ccc(OS)cc4CCC3c3ccc(F)cc3)cc2)CC1C. The maximum absolute atomic E-state index is 13.7. The molecule has 5 unspecified atom stereocenters. The van der Waals surface area contributed by atoms with Crippen LogP contribution in [0.15, 0.2) is 66.7 Å². The summed E-state index contributed by atoms with van der Waals surface area (Å²) in [6.07, 6.45) is 5.82. The van der Waals surface area contributed by atoms with E-state index < -0.39 is 0 Å². The number of hydrogen-bond donors (Lipinski definition) is 1. The highest BCUT2D eigenvalue weighted by Crippen LogP contribution is 2.47. The number of hydrogen-bond acceptors (Lipinski definition) is 3. The predicted octanol–water partition coefficient (Wildman–Crippen LogP) is 8.75. The van der Waals surface area contributed by atoms with E-state index in [0.29, 0.717) is 6.10 Å². The smallest absolute Gasteiger partial charge is 0.137 e. The fraction of sp³-hybridized carbons (Fsp3) is 0.438. The van der Waals surface area contributed by atoms with Crippen LogP contribution in [0.4, 0.5) is 4.39 Å². The fourth-order valence-electron chi connectivity index (χ4n) is 6.58. The molecule has 1 saturated carbocycles. The molecule has 5 atom stereocenters. The molecule has 0 saturated heterocycles. The van der Waals surface area contributed by atoms with Gasteiger partial charge in [0.2, 0.25) is 0 Å². The average molecular weight is 505 g/mol. The van der Waals surface area contributed by atoms with E-state index in [4.69, 9.17) is 8.92 Å². The zero-order valence-corrected chi connectivity index (χ0v) is 22.4. The summed E-state index contributed by atoms with van der Waals surface area (Å²) in [5.74, 6) is 4.20. The van der Waals surface area contributed by atoms with Gasteiger partial charge in [-0.05, 0) is 114 Å². The number of fused-ring (bicyclic) bond motifs is 1. The second kappa shape index (κ2) is 10.9. The van der Waals surface area contributed by atoms with Gasteiger partial charge in [-0.2, -0.15) is 0 Å². The van der Waals surface area contributed by atoms with Gasteiger partial charge >= 0.3 is 0 Å². The Labute approximate surface area is 220 Å². The molecule has 3 aromatic carbocycles. The van der Waals surface area contributed by atoms with E-state index in [1.54, 1.807) is 12.1 Å². The van der Waals surface area contributed by atoms with Gasteiger partial charge in [0.1, 0.15) is 17.3 Å². The van der Waals surface area contributed by atoms with E-state index in [0.717, 1.165) is 54.9 Å². The van der Waals surface area contributed by atoms with Crippen molar-refractivity contribution in [1.82, 2.24) is 0 Å². The Bertz CT molecular complexity index is 1160. The molecule has 0 aliphatic heterocycles. The van der Waals surface area contributed by atoms with Crippen molar-refractivity contribution < 1.29 is 13.3 Å². The van der Waals surface area contributed by atoms with Crippen molar-refractivity contribution in [2.24, 2.45) is 17.8 Å². The molecule has 3 aromatic rings. The Morgan fingerprint density at radius 3 is 2.31 bits per heavy atom. The van der Waals surface area contributed by atoms with Crippen molar-refractivity contribution in [3.8, 4) is 11.5 Å². The van der Waals surface area contributed by atoms with Gasteiger partial charge < -0.3 is 8.92 Å². The van der Waals surface area contributed by atoms with E-state index in [1.165, 1.54) is 28.7 Å². The van der Waals surface area contributed by atoms with Crippen LogP contribution in [-0.2, 0) is 6.42 Å². The summed E-state index contributed by atoms with van der Waals surface area (Å²) >= 11 is 3.99. The standard InChI is InChI=1S/C32H37FO2S/c1-20(2)16-25-19-29(17-21(25)3)34-27-11-6-23(7-12-27)32-30(22-4-9-26(33)10-5-22)14-8-24-18-28(35-36)13-15-31(24)32/h4-7,9-13,15,18,20-21,25,29-30,32,36H,8,14,16-17,19H2,1-3H3. The fourth-order valence-corrected chi connectivity index (χ4v) is 6.70. The molecule has 0 N–H and O–H groups in total.